The SMILES string of the molecule is CCCNC(=O)c1ccc2c(=O)n(CC(C)C)c(SCC(=O)c3c[nH]c4ccccc34)nc2c1. The molecule has 0 saturated heterocycles. The van der Waals surface area contributed by atoms with Crippen molar-refractivity contribution >= 4 is 45.3 Å². The summed E-state index contributed by atoms with van der Waals surface area (Å²) >= 11 is 1.25. The minimum Gasteiger partial charge on any atom is -0.360 e. The molecule has 0 radical (unpaired) electrons. The lowest BCUT2D eigenvalue weighted by Crippen LogP contribution is -2.27. The molecular formula is C26H28N4O3S. The van der Waals surface area contributed by atoms with E-state index in [9.17, 15) is 14.4 Å². The van der Waals surface area contributed by atoms with E-state index in [1.165, 1.54) is 11.8 Å². The highest BCUT2D eigenvalue weighted by Gasteiger charge is 2.18. The largest absolute Gasteiger partial charge is 0.360 e. The monoisotopic (exact) mass is 476 g/mol. The Bertz CT molecular complexity index is 1420. The second kappa shape index (κ2) is 10.3. The van der Waals surface area contributed by atoms with Gasteiger partial charge in [0, 0.05) is 41.3 Å². The topological polar surface area (TPSA) is 96.9 Å². The summed E-state index contributed by atoms with van der Waals surface area (Å²) in [7, 11) is 0. The van der Waals surface area contributed by atoms with E-state index >= 15 is 0 Å². The van der Waals surface area contributed by atoms with Crippen molar-refractivity contribution in [2.75, 3.05) is 12.3 Å². The Balaban J connectivity index is 1.68. The van der Waals surface area contributed by atoms with Crippen molar-refractivity contribution in [2.45, 2.75) is 38.9 Å². The number of fused-ring (bicyclic) bond motifs is 2. The van der Waals surface area contributed by atoms with Gasteiger partial charge in [-0.25, -0.2) is 4.98 Å². The number of ketones is 1. The van der Waals surface area contributed by atoms with Crippen LogP contribution in [0.3, 0.4) is 0 Å². The molecular weight excluding hydrogens is 448 g/mol. The van der Waals surface area contributed by atoms with Gasteiger partial charge in [-0.1, -0.05) is 50.7 Å². The van der Waals surface area contributed by atoms with Crippen molar-refractivity contribution in [3.8, 4) is 0 Å². The first kappa shape index (κ1) is 23.8. The van der Waals surface area contributed by atoms with Crippen LogP contribution in [0.1, 0.15) is 47.9 Å². The minimum absolute atomic E-state index is 0.0411. The lowest BCUT2D eigenvalue weighted by Gasteiger charge is -2.15. The fraction of sp³-hybridized carbons (Fsp3) is 0.308. The van der Waals surface area contributed by atoms with Crippen LogP contribution in [0.4, 0.5) is 0 Å². The van der Waals surface area contributed by atoms with Gasteiger partial charge in [0.2, 0.25) is 0 Å². The van der Waals surface area contributed by atoms with Crippen molar-refractivity contribution in [3.05, 3.63) is 70.1 Å². The number of nitrogens with zero attached hydrogens (tertiary/aromatic N) is 2. The molecule has 2 aromatic carbocycles. The number of aromatic amines is 1. The summed E-state index contributed by atoms with van der Waals surface area (Å²) < 4.78 is 1.64. The maximum absolute atomic E-state index is 13.3. The highest BCUT2D eigenvalue weighted by molar-refractivity contribution is 7.99. The maximum Gasteiger partial charge on any atom is 0.262 e. The van der Waals surface area contributed by atoms with Crippen LogP contribution < -0.4 is 10.9 Å². The molecule has 0 atom stereocenters. The molecule has 0 saturated carbocycles. The van der Waals surface area contributed by atoms with E-state index < -0.39 is 0 Å². The fourth-order valence-electron chi connectivity index (χ4n) is 3.83. The molecule has 2 heterocycles. The molecule has 0 aliphatic rings. The summed E-state index contributed by atoms with van der Waals surface area (Å²) in [6.45, 7) is 7.12. The van der Waals surface area contributed by atoms with Crippen LogP contribution in [0.2, 0.25) is 0 Å². The number of carbonyl (C=O) groups excluding carboxylic acids is 2. The van der Waals surface area contributed by atoms with Crippen LogP contribution in [-0.2, 0) is 6.54 Å². The first-order valence-electron chi connectivity index (χ1n) is 11.4. The molecule has 1 amide bonds. The van der Waals surface area contributed by atoms with Crippen molar-refractivity contribution in [1.82, 2.24) is 19.9 Å². The van der Waals surface area contributed by atoms with E-state index in [2.05, 4.69) is 10.3 Å². The summed E-state index contributed by atoms with van der Waals surface area (Å²) in [4.78, 5) is 46.6. The van der Waals surface area contributed by atoms with Gasteiger partial charge in [0.25, 0.3) is 11.5 Å². The van der Waals surface area contributed by atoms with Crippen molar-refractivity contribution in [2.24, 2.45) is 5.92 Å². The average molecular weight is 477 g/mol. The molecule has 0 aliphatic heterocycles. The molecule has 8 heteroatoms. The normalized spacial score (nSPS) is 11.4. The zero-order valence-corrected chi connectivity index (χ0v) is 20.4. The van der Waals surface area contributed by atoms with E-state index in [1.807, 2.05) is 45.0 Å². The number of benzene rings is 2. The van der Waals surface area contributed by atoms with Crippen molar-refractivity contribution in [3.63, 3.8) is 0 Å². The number of rotatable bonds is 9. The molecule has 34 heavy (non-hydrogen) atoms. The number of hydrogen-bond donors (Lipinski definition) is 2. The van der Waals surface area contributed by atoms with Gasteiger partial charge in [0.05, 0.1) is 16.7 Å². The molecule has 0 aliphatic carbocycles. The third kappa shape index (κ3) is 4.92. The van der Waals surface area contributed by atoms with E-state index in [1.54, 1.807) is 29.0 Å². The van der Waals surface area contributed by atoms with Gasteiger partial charge in [0.1, 0.15) is 0 Å². The van der Waals surface area contributed by atoms with Crippen molar-refractivity contribution in [1.29, 1.82) is 0 Å². The summed E-state index contributed by atoms with van der Waals surface area (Å²) in [5.74, 6) is 0.134. The van der Waals surface area contributed by atoms with Crippen LogP contribution in [0.25, 0.3) is 21.8 Å². The van der Waals surface area contributed by atoms with Gasteiger partial charge in [-0.2, -0.15) is 0 Å². The van der Waals surface area contributed by atoms with Gasteiger partial charge in [0.15, 0.2) is 10.9 Å². The van der Waals surface area contributed by atoms with Crippen LogP contribution in [-0.4, -0.2) is 38.5 Å². The molecule has 0 bridgehead atoms. The van der Waals surface area contributed by atoms with E-state index in [4.69, 9.17) is 4.98 Å². The maximum atomic E-state index is 13.3. The lowest BCUT2D eigenvalue weighted by atomic mass is 10.1. The number of H-pyrrole nitrogens is 1. The van der Waals surface area contributed by atoms with Crippen LogP contribution in [0.5, 0.6) is 0 Å². The molecule has 176 valence electrons. The Morgan fingerprint density at radius 2 is 1.94 bits per heavy atom. The highest BCUT2D eigenvalue weighted by Crippen LogP contribution is 2.24. The second-order valence-corrected chi connectivity index (χ2v) is 9.59. The smallest absolute Gasteiger partial charge is 0.262 e. The van der Waals surface area contributed by atoms with Gasteiger partial charge in [-0.05, 0) is 36.6 Å². The Hall–Kier alpha value is -3.39. The number of para-hydroxylation sites is 1. The summed E-state index contributed by atoms with van der Waals surface area (Å²) in [6.07, 6.45) is 2.56. The molecule has 0 unspecified atom stereocenters. The summed E-state index contributed by atoms with van der Waals surface area (Å²) in [5.41, 5.74) is 2.28. The Kier molecular flexibility index (Phi) is 7.17. The predicted molar refractivity (Wildman–Crippen MR) is 137 cm³/mol. The molecule has 0 fully saturated rings. The third-order valence-corrected chi connectivity index (χ3v) is 6.46. The van der Waals surface area contributed by atoms with Gasteiger partial charge in [-0.15, -0.1) is 0 Å². The standard InChI is InChI=1S/C26H28N4O3S/c1-4-11-27-24(32)17-9-10-19-22(12-17)29-26(30(25(19)33)14-16(2)3)34-15-23(31)20-13-28-21-8-6-5-7-18(20)21/h5-10,12-13,16,28H,4,11,14-15H2,1-3H3,(H,27,32). The Morgan fingerprint density at radius 3 is 2.71 bits per heavy atom. The lowest BCUT2D eigenvalue weighted by molar-refractivity contribution is 0.0953. The summed E-state index contributed by atoms with van der Waals surface area (Å²) in [6, 6.07) is 12.6. The minimum atomic E-state index is -0.194. The zero-order chi connectivity index (χ0) is 24.2. The number of nitrogens with one attached hydrogen (secondary N) is 2. The number of carbonyl (C=O) groups is 2. The van der Waals surface area contributed by atoms with Gasteiger partial charge < -0.3 is 10.3 Å². The summed E-state index contributed by atoms with van der Waals surface area (Å²) in [5, 5.41) is 4.66. The third-order valence-electron chi connectivity index (χ3n) is 5.49. The van der Waals surface area contributed by atoms with Crippen LogP contribution in [0.15, 0.2) is 58.6 Å². The number of aromatic nitrogens is 3. The van der Waals surface area contributed by atoms with E-state index in [-0.39, 0.29) is 28.9 Å². The number of amides is 1. The first-order valence-corrected chi connectivity index (χ1v) is 12.4. The quantitative estimate of drug-likeness (QED) is 0.208. The number of thioether (sulfide) groups is 1. The molecule has 2 N–H and O–H groups in total. The second-order valence-electron chi connectivity index (χ2n) is 8.65. The molecule has 2 aromatic heterocycles. The zero-order valence-electron chi connectivity index (χ0n) is 19.6. The van der Waals surface area contributed by atoms with E-state index in [0.717, 1.165) is 17.3 Å². The van der Waals surface area contributed by atoms with Gasteiger partial charge >= 0.3 is 0 Å². The predicted octanol–water partition coefficient (Wildman–Crippen LogP) is 4.65. The average Bonchev–Trinajstić information content (AvgIpc) is 3.27. The first-order chi connectivity index (χ1) is 16.4. The molecule has 4 rings (SSSR count). The van der Waals surface area contributed by atoms with Crippen molar-refractivity contribution < 1.29 is 9.59 Å². The molecule has 4 aromatic rings. The molecule has 7 nitrogen and oxygen atoms in total. The van der Waals surface area contributed by atoms with Gasteiger partial charge in [-0.3, -0.25) is 19.0 Å². The van der Waals surface area contributed by atoms with E-state index in [0.29, 0.717) is 40.3 Å². The number of hydrogen-bond acceptors (Lipinski definition) is 5. The fourth-order valence-corrected chi connectivity index (χ4v) is 4.72. The highest BCUT2D eigenvalue weighted by atomic mass is 32.2. The Morgan fingerprint density at radius 1 is 1.15 bits per heavy atom. The van der Waals surface area contributed by atoms with Crippen LogP contribution >= 0.6 is 11.8 Å². The molecule has 0 spiro atoms. The Labute approximate surface area is 202 Å². The van der Waals surface area contributed by atoms with Crippen LogP contribution in [0, 0.1) is 5.92 Å². The number of Topliss-reactive ketones (excluding diaryl/α,β-unsaturated/α-hetero) is 1.